The molecule has 0 aliphatic heterocycles. The fourth-order valence-corrected chi connectivity index (χ4v) is 2.71. The molecule has 0 amide bonds. The fourth-order valence-electron chi connectivity index (χ4n) is 1.80. The van der Waals surface area contributed by atoms with Crippen molar-refractivity contribution in [3.63, 3.8) is 0 Å². The first kappa shape index (κ1) is 13.3. The standard InChI is InChI=1S/C14H12FIO2/c1-3-11-12(15)5-4-9-6-10(18-8-17-2)7-13(16)14(9)11/h3-7H,1,8H2,2H3. The summed E-state index contributed by atoms with van der Waals surface area (Å²) in [4.78, 5) is 0. The lowest BCUT2D eigenvalue weighted by Crippen LogP contribution is -1.99. The summed E-state index contributed by atoms with van der Waals surface area (Å²) in [7, 11) is 1.57. The minimum Gasteiger partial charge on any atom is -0.468 e. The number of hydrogen-bond acceptors (Lipinski definition) is 2. The van der Waals surface area contributed by atoms with Gasteiger partial charge in [0.05, 0.1) is 0 Å². The molecule has 4 heteroatoms. The van der Waals surface area contributed by atoms with Crippen LogP contribution in [0.3, 0.4) is 0 Å². The molecule has 0 aromatic heterocycles. The molecule has 0 aliphatic rings. The maximum Gasteiger partial charge on any atom is 0.188 e. The second-order valence-corrected chi connectivity index (χ2v) is 4.88. The lowest BCUT2D eigenvalue weighted by atomic mass is 10.0. The quantitative estimate of drug-likeness (QED) is 0.602. The molecule has 0 fully saturated rings. The molecule has 0 spiro atoms. The van der Waals surface area contributed by atoms with Crippen molar-refractivity contribution in [2.45, 2.75) is 0 Å². The van der Waals surface area contributed by atoms with E-state index in [-0.39, 0.29) is 12.6 Å². The smallest absolute Gasteiger partial charge is 0.188 e. The Labute approximate surface area is 119 Å². The van der Waals surface area contributed by atoms with E-state index in [4.69, 9.17) is 9.47 Å². The summed E-state index contributed by atoms with van der Waals surface area (Å²) in [6.07, 6.45) is 1.54. The first-order chi connectivity index (χ1) is 8.67. The van der Waals surface area contributed by atoms with Gasteiger partial charge in [-0.05, 0) is 46.2 Å². The van der Waals surface area contributed by atoms with Gasteiger partial charge in [-0.1, -0.05) is 18.7 Å². The van der Waals surface area contributed by atoms with Crippen LogP contribution in [0.1, 0.15) is 5.56 Å². The third-order valence-corrected chi connectivity index (χ3v) is 3.43. The van der Waals surface area contributed by atoms with Crippen molar-refractivity contribution < 1.29 is 13.9 Å². The number of hydrogen-bond donors (Lipinski definition) is 0. The van der Waals surface area contributed by atoms with Crippen LogP contribution in [0.25, 0.3) is 16.8 Å². The predicted molar refractivity (Wildman–Crippen MR) is 79.2 cm³/mol. The van der Waals surface area contributed by atoms with Crippen molar-refractivity contribution in [3.05, 3.63) is 45.8 Å². The SMILES string of the molecule is C=Cc1c(F)ccc2cc(OCOC)cc(I)c12. The largest absolute Gasteiger partial charge is 0.468 e. The van der Waals surface area contributed by atoms with Crippen molar-refractivity contribution in [3.8, 4) is 5.75 Å². The van der Waals surface area contributed by atoms with Gasteiger partial charge >= 0.3 is 0 Å². The number of ether oxygens (including phenoxy) is 2. The van der Waals surface area contributed by atoms with Crippen LogP contribution in [0.2, 0.25) is 0 Å². The number of methoxy groups -OCH3 is 1. The van der Waals surface area contributed by atoms with Gasteiger partial charge in [-0.15, -0.1) is 0 Å². The van der Waals surface area contributed by atoms with E-state index in [9.17, 15) is 4.39 Å². The first-order valence-electron chi connectivity index (χ1n) is 5.33. The Morgan fingerprint density at radius 3 is 2.83 bits per heavy atom. The van der Waals surface area contributed by atoms with Crippen molar-refractivity contribution in [2.24, 2.45) is 0 Å². The summed E-state index contributed by atoms with van der Waals surface area (Å²) < 4.78 is 24.9. The van der Waals surface area contributed by atoms with Gasteiger partial charge < -0.3 is 9.47 Å². The second-order valence-electron chi connectivity index (χ2n) is 3.72. The Bertz CT molecular complexity index is 596. The van der Waals surface area contributed by atoms with E-state index in [0.29, 0.717) is 11.3 Å². The highest BCUT2D eigenvalue weighted by Crippen LogP contribution is 2.31. The van der Waals surface area contributed by atoms with E-state index in [1.807, 2.05) is 12.1 Å². The molecule has 2 aromatic carbocycles. The van der Waals surface area contributed by atoms with Crippen molar-refractivity contribution in [2.75, 3.05) is 13.9 Å². The van der Waals surface area contributed by atoms with Crippen molar-refractivity contribution >= 4 is 39.4 Å². The number of rotatable bonds is 4. The highest BCUT2D eigenvalue weighted by Gasteiger charge is 2.10. The molecule has 94 valence electrons. The van der Waals surface area contributed by atoms with Gasteiger partial charge in [0.2, 0.25) is 0 Å². The van der Waals surface area contributed by atoms with E-state index in [1.165, 1.54) is 12.1 Å². The summed E-state index contributed by atoms with van der Waals surface area (Å²) in [6.45, 7) is 3.85. The Hall–Kier alpha value is -1.14. The minimum atomic E-state index is -0.263. The lowest BCUT2D eigenvalue weighted by molar-refractivity contribution is 0.0512. The Morgan fingerprint density at radius 2 is 2.17 bits per heavy atom. The lowest BCUT2D eigenvalue weighted by Gasteiger charge is -2.10. The molecule has 2 rings (SSSR count). The van der Waals surface area contributed by atoms with Crippen LogP contribution in [0.4, 0.5) is 4.39 Å². The van der Waals surface area contributed by atoms with Crippen LogP contribution >= 0.6 is 22.6 Å². The maximum atomic E-state index is 13.7. The molecule has 0 aliphatic carbocycles. The normalized spacial score (nSPS) is 10.6. The van der Waals surface area contributed by atoms with Gasteiger partial charge in [-0.3, -0.25) is 0 Å². The Morgan fingerprint density at radius 1 is 1.39 bits per heavy atom. The van der Waals surface area contributed by atoms with Crippen LogP contribution in [0.15, 0.2) is 30.8 Å². The zero-order chi connectivity index (χ0) is 13.1. The summed E-state index contributed by atoms with van der Waals surface area (Å²) >= 11 is 2.17. The van der Waals surface area contributed by atoms with Crippen molar-refractivity contribution in [1.29, 1.82) is 0 Å². The topological polar surface area (TPSA) is 18.5 Å². The van der Waals surface area contributed by atoms with Crippen molar-refractivity contribution in [1.82, 2.24) is 0 Å². The molecule has 0 atom stereocenters. The van der Waals surface area contributed by atoms with Gasteiger partial charge in [0.1, 0.15) is 11.6 Å². The first-order valence-corrected chi connectivity index (χ1v) is 6.41. The van der Waals surface area contributed by atoms with Crippen LogP contribution in [0.5, 0.6) is 5.75 Å². The Kier molecular flexibility index (Phi) is 4.19. The summed E-state index contributed by atoms with van der Waals surface area (Å²) in [5, 5.41) is 1.78. The number of halogens is 2. The van der Waals surface area contributed by atoms with Gasteiger partial charge in [-0.2, -0.15) is 0 Å². The third kappa shape index (κ3) is 2.49. The third-order valence-electron chi connectivity index (χ3n) is 2.58. The zero-order valence-electron chi connectivity index (χ0n) is 9.87. The van der Waals surface area contributed by atoms with Crippen LogP contribution in [0, 0.1) is 9.39 Å². The van der Waals surface area contributed by atoms with Gasteiger partial charge in [0, 0.05) is 21.6 Å². The number of benzene rings is 2. The van der Waals surface area contributed by atoms with Gasteiger partial charge in [-0.25, -0.2) is 4.39 Å². The average Bonchev–Trinajstić information content (AvgIpc) is 2.37. The summed E-state index contributed by atoms with van der Waals surface area (Å²) in [5.74, 6) is 0.441. The van der Waals surface area contributed by atoms with E-state index < -0.39 is 0 Å². The monoisotopic (exact) mass is 358 g/mol. The molecule has 0 radical (unpaired) electrons. The minimum absolute atomic E-state index is 0.192. The Balaban J connectivity index is 2.61. The van der Waals surface area contributed by atoms with E-state index >= 15 is 0 Å². The van der Waals surface area contributed by atoms with E-state index in [1.54, 1.807) is 13.2 Å². The molecule has 0 saturated carbocycles. The second kappa shape index (κ2) is 5.67. The molecule has 2 aromatic rings. The zero-order valence-corrected chi connectivity index (χ0v) is 12.0. The fraction of sp³-hybridized carbons (Fsp3) is 0.143. The molecule has 2 nitrogen and oxygen atoms in total. The molecule has 0 N–H and O–H groups in total. The molecule has 18 heavy (non-hydrogen) atoms. The van der Waals surface area contributed by atoms with Crippen LogP contribution in [-0.4, -0.2) is 13.9 Å². The maximum absolute atomic E-state index is 13.7. The van der Waals surface area contributed by atoms with Crippen LogP contribution in [-0.2, 0) is 4.74 Å². The molecule has 0 heterocycles. The molecular weight excluding hydrogens is 346 g/mol. The molecule has 0 bridgehead atoms. The predicted octanol–water partition coefficient (Wildman–Crippen LogP) is 4.21. The molecule has 0 saturated heterocycles. The summed E-state index contributed by atoms with van der Waals surface area (Å²) in [6, 6.07) is 6.90. The van der Waals surface area contributed by atoms with Gasteiger partial charge in [0.15, 0.2) is 6.79 Å². The number of fused-ring (bicyclic) bond motifs is 1. The molecular formula is C14H12FIO2. The van der Waals surface area contributed by atoms with Gasteiger partial charge in [0.25, 0.3) is 0 Å². The highest BCUT2D eigenvalue weighted by atomic mass is 127. The highest BCUT2D eigenvalue weighted by molar-refractivity contribution is 14.1. The van der Waals surface area contributed by atoms with E-state index in [2.05, 4.69) is 29.2 Å². The molecule has 0 unspecified atom stereocenters. The average molecular weight is 358 g/mol. The summed E-state index contributed by atoms with van der Waals surface area (Å²) in [5.41, 5.74) is 0.523. The van der Waals surface area contributed by atoms with E-state index in [0.717, 1.165) is 14.3 Å². The van der Waals surface area contributed by atoms with Crippen LogP contribution < -0.4 is 4.74 Å².